The van der Waals surface area contributed by atoms with Gasteiger partial charge in [-0.15, -0.1) is 0 Å². The Kier molecular flexibility index (Phi) is 3.42. The van der Waals surface area contributed by atoms with E-state index in [-0.39, 0.29) is 24.5 Å². The minimum atomic E-state index is -2.95. The molecule has 2 saturated heterocycles. The Morgan fingerprint density at radius 3 is 2.59 bits per heavy atom. The van der Waals surface area contributed by atoms with Gasteiger partial charge in [0.15, 0.2) is 9.84 Å². The lowest BCUT2D eigenvalue weighted by Crippen LogP contribution is -2.52. The van der Waals surface area contributed by atoms with E-state index in [1.807, 2.05) is 0 Å². The Labute approximate surface area is 99.8 Å². The normalized spacial score (nSPS) is 31.2. The lowest BCUT2D eigenvalue weighted by molar-refractivity contribution is -0.205. The summed E-state index contributed by atoms with van der Waals surface area (Å²) in [6.45, 7) is 0.624. The summed E-state index contributed by atoms with van der Waals surface area (Å²) in [7, 11) is -2.95. The number of hydrogen-bond donors (Lipinski definition) is 1. The number of ether oxygens (including phenoxy) is 2. The standard InChI is InChI=1S/C10H16O6S/c11-9(12)5-8-6-15-7-10(16-8)1-3-17(13,14)4-2-10/h8H,1-7H2,(H,11,12). The zero-order chi connectivity index (χ0) is 12.5. The Morgan fingerprint density at radius 2 is 2.00 bits per heavy atom. The molecular formula is C10H16O6S. The molecule has 2 heterocycles. The Bertz CT molecular complexity index is 387. The van der Waals surface area contributed by atoms with Gasteiger partial charge in [0.25, 0.3) is 0 Å². The number of aliphatic carboxylic acids is 1. The molecule has 2 rings (SSSR count). The number of carbonyl (C=O) groups is 1. The highest BCUT2D eigenvalue weighted by Gasteiger charge is 2.43. The quantitative estimate of drug-likeness (QED) is 0.744. The van der Waals surface area contributed by atoms with Crippen molar-refractivity contribution in [1.82, 2.24) is 0 Å². The minimum Gasteiger partial charge on any atom is -0.481 e. The Balaban J connectivity index is 1.99. The zero-order valence-corrected chi connectivity index (χ0v) is 10.2. The van der Waals surface area contributed by atoms with Crippen LogP contribution in [0.1, 0.15) is 19.3 Å². The Hall–Kier alpha value is -0.660. The van der Waals surface area contributed by atoms with Crippen molar-refractivity contribution in [3.8, 4) is 0 Å². The molecule has 0 radical (unpaired) electrons. The van der Waals surface area contributed by atoms with Gasteiger partial charge in [0, 0.05) is 0 Å². The van der Waals surface area contributed by atoms with Crippen LogP contribution < -0.4 is 0 Å². The van der Waals surface area contributed by atoms with Crippen LogP contribution in [0.2, 0.25) is 0 Å². The van der Waals surface area contributed by atoms with Crippen LogP contribution in [0.15, 0.2) is 0 Å². The molecule has 0 bridgehead atoms. The van der Waals surface area contributed by atoms with Crippen molar-refractivity contribution >= 4 is 15.8 Å². The Morgan fingerprint density at radius 1 is 1.35 bits per heavy atom. The molecule has 2 aliphatic rings. The van der Waals surface area contributed by atoms with E-state index >= 15 is 0 Å². The molecule has 17 heavy (non-hydrogen) atoms. The van der Waals surface area contributed by atoms with Gasteiger partial charge < -0.3 is 14.6 Å². The van der Waals surface area contributed by atoms with Gasteiger partial charge in [0.05, 0.1) is 42.8 Å². The number of carboxylic acids is 1. The lowest BCUT2D eigenvalue weighted by atomic mass is 9.96. The predicted molar refractivity (Wildman–Crippen MR) is 58.6 cm³/mol. The summed E-state index contributed by atoms with van der Waals surface area (Å²) >= 11 is 0. The molecule has 1 atom stereocenters. The molecule has 6 nitrogen and oxygen atoms in total. The number of sulfone groups is 1. The highest BCUT2D eigenvalue weighted by molar-refractivity contribution is 7.91. The summed E-state index contributed by atoms with van der Waals surface area (Å²) < 4.78 is 33.8. The smallest absolute Gasteiger partial charge is 0.306 e. The zero-order valence-electron chi connectivity index (χ0n) is 9.42. The van der Waals surface area contributed by atoms with Gasteiger partial charge in [0.2, 0.25) is 0 Å². The molecule has 1 N–H and O–H groups in total. The molecule has 0 aromatic rings. The number of rotatable bonds is 2. The van der Waals surface area contributed by atoms with E-state index in [0.29, 0.717) is 19.4 Å². The molecule has 2 fully saturated rings. The van der Waals surface area contributed by atoms with Crippen molar-refractivity contribution in [1.29, 1.82) is 0 Å². The first-order valence-corrected chi connectivity index (χ1v) is 7.41. The van der Waals surface area contributed by atoms with Crippen molar-refractivity contribution in [3.05, 3.63) is 0 Å². The van der Waals surface area contributed by atoms with Crippen LogP contribution in [-0.4, -0.2) is 55.9 Å². The van der Waals surface area contributed by atoms with Crippen molar-refractivity contribution in [3.63, 3.8) is 0 Å². The molecule has 0 aromatic heterocycles. The first-order valence-electron chi connectivity index (χ1n) is 5.59. The minimum absolute atomic E-state index is 0.0934. The van der Waals surface area contributed by atoms with E-state index in [1.165, 1.54) is 0 Å². The molecule has 2 aliphatic heterocycles. The maximum atomic E-state index is 11.3. The van der Waals surface area contributed by atoms with Crippen molar-refractivity contribution in [2.75, 3.05) is 24.7 Å². The van der Waals surface area contributed by atoms with E-state index in [0.717, 1.165) is 0 Å². The van der Waals surface area contributed by atoms with Gasteiger partial charge in [-0.3, -0.25) is 4.79 Å². The van der Waals surface area contributed by atoms with Gasteiger partial charge in [-0.1, -0.05) is 0 Å². The third-order valence-corrected chi connectivity index (χ3v) is 4.88. The number of hydrogen-bond acceptors (Lipinski definition) is 5. The van der Waals surface area contributed by atoms with Crippen molar-refractivity contribution in [2.24, 2.45) is 0 Å². The summed E-state index contributed by atoms with van der Waals surface area (Å²) in [5.41, 5.74) is -0.594. The van der Waals surface area contributed by atoms with Gasteiger partial charge >= 0.3 is 5.97 Å². The van der Waals surface area contributed by atoms with Crippen LogP contribution in [0.5, 0.6) is 0 Å². The maximum absolute atomic E-state index is 11.3. The fourth-order valence-electron chi connectivity index (χ4n) is 2.27. The second-order valence-corrected chi connectivity index (χ2v) is 6.99. The van der Waals surface area contributed by atoms with E-state index in [9.17, 15) is 13.2 Å². The van der Waals surface area contributed by atoms with Crippen LogP contribution in [0.4, 0.5) is 0 Å². The summed E-state index contributed by atoms with van der Waals surface area (Å²) in [6, 6.07) is 0. The molecule has 1 unspecified atom stereocenters. The third-order valence-electron chi connectivity index (χ3n) is 3.23. The SMILES string of the molecule is O=C(O)CC1COCC2(CCS(=O)(=O)CC2)O1. The van der Waals surface area contributed by atoms with Gasteiger partial charge in [-0.05, 0) is 12.8 Å². The van der Waals surface area contributed by atoms with E-state index in [4.69, 9.17) is 14.6 Å². The molecule has 0 saturated carbocycles. The highest BCUT2D eigenvalue weighted by atomic mass is 32.2. The molecule has 0 aromatic carbocycles. The molecular weight excluding hydrogens is 248 g/mol. The van der Waals surface area contributed by atoms with Gasteiger partial charge in [-0.2, -0.15) is 0 Å². The first-order chi connectivity index (χ1) is 7.91. The van der Waals surface area contributed by atoms with Crippen LogP contribution >= 0.6 is 0 Å². The largest absolute Gasteiger partial charge is 0.481 e. The average Bonchev–Trinajstić information content (AvgIpc) is 2.23. The third kappa shape index (κ3) is 3.17. The fraction of sp³-hybridized carbons (Fsp3) is 0.900. The van der Waals surface area contributed by atoms with E-state index < -0.39 is 27.5 Å². The maximum Gasteiger partial charge on any atom is 0.306 e. The molecule has 0 amide bonds. The topological polar surface area (TPSA) is 89.9 Å². The van der Waals surface area contributed by atoms with Gasteiger partial charge in [0.1, 0.15) is 0 Å². The molecule has 0 aliphatic carbocycles. The van der Waals surface area contributed by atoms with E-state index in [1.54, 1.807) is 0 Å². The fourth-order valence-corrected chi connectivity index (χ4v) is 3.84. The first kappa shape index (κ1) is 12.8. The van der Waals surface area contributed by atoms with Crippen LogP contribution in [0.25, 0.3) is 0 Å². The highest BCUT2D eigenvalue weighted by Crippen LogP contribution is 2.32. The molecule has 1 spiro atoms. The number of carboxylic acid groups (broad SMARTS) is 1. The summed E-state index contributed by atoms with van der Waals surface area (Å²) in [6.07, 6.45) is 0.216. The van der Waals surface area contributed by atoms with Crippen molar-refractivity contribution < 1.29 is 27.8 Å². The molecule has 7 heteroatoms. The van der Waals surface area contributed by atoms with Crippen LogP contribution in [0, 0.1) is 0 Å². The lowest BCUT2D eigenvalue weighted by Gasteiger charge is -2.42. The van der Waals surface area contributed by atoms with Crippen molar-refractivity contribution in [2.45, 2.75) is 31.0 Å². The summed E-state index contributed by atoms with van der Waals surface area (Å²) in [5, 5.41) is 8.70. The van der Waals surface area contributed by atoms with Crippen LogP contribution in [0.3, 0.4) is 0 Å². The monoisotopic (exact) mass is 264 g/mol. The molecule has 98 valence electrons. The average molecular weight is 264 g/mol. The van der Waals surface area contributed by atoms with E-state index in [2.05, 4.69) is 0 Å². The second-order valence-electron chi connectivity index (χ2n) is 4.69. The summed E-state index contributed by atoms with van der Waals surface area (Å²) in [4.78, 5) is 10.6. The second kappa shape index (κ2) is 4.55. The van der Waals surface area contributed by atoms with Gasteiger partial charge in [-0.25, -0.2) is 8.42 Å². The summed E-state index contributed by atoms with van der Waals surface area (Å²) in [5.74, 6) is -0.745. The predicted octanol–water partition coefficient (Wildman–Crippen LogP) is -0.176. The van der Waals surface area contributed by atoms with Crippen LogP contribution in [-0.2, 0) is 24.1 Å².